The van der Waals surface area contributed by atoms with E-state index in [-0.39, 0.29) is 11.8 Å². The Morgan fingerprint density at radius 1 is 0.611 bits per heavy atom. The highest BCUT2D eigenvalue weighted by molar-refractivity contribution is 8.76. The standard InChI is InChI=1S/C26H36N6O2S2/c27-23(25(33)31-15-11-29(12-16-31)21-7-3-1-4-8-21)19-35-36-20-24(28)26(34)32-17-13-30(14-18-32)22-9-5-2-6-10-22/h1-10,23-24H,11-20,27-28H2/t23-,24-/m0/s1. The Bertz CT molecular complexity index is 887. The topological polar surface area (TPSA) is 99.1 Å². The van der Waals surface area contributed by atoms with Crippen LogP contribution in [0.2, 0.25) is 0 Å². The van der Waals surface area contributed by atoms with Crippen LogP contribution in [0.1, 0.15) is 0 Å². The van der Waals surface area contributed by atoms with E-state index in [2.05, 4.69) is 34.1 Å². The fourth-order valence-electron chi connectivity index (χ4n) is 4.50. The SMILES string of the molecule is N[C@@H](CSSC[C@H](N)C(=O)N1CCN(c2ccccc2)CC1)C(=O)N1CCN(c2ccccc2)CC1. The van der Waals surface area contributed by atoms with Gasteiger partial charge in [0.15, 0.2) is 0 Å². The highest BCUT2D eigenvalue weighted by Gasteiger charge is 2.27. The number of nitrogens with zero attached hydrogens (tertiary/aromatic N) is 4. The van der Waals surface area contributed by atoms with E-state index in [1.165, 1.54) is 33.0 Å². The molecule has 0 radical (unpaired) electrons. The van der Waals surface area contributed by atoms with Gasteiger partial charge in [-0.15, -0.1) is 0 Å². The molecule has 2 saturated heterocycles. The minimum atomic E-state index is -0.552. The summed E-state index contributed by atoms with van der Waals surface area (Å²) in [5.41, 5.74) is 14.8. The summed E-state index contributed by atoms with van der Waals surface area (Å²) in [6.45, 7) is 5.93. The molecule has 0 aromatic heterocycles. The highest BCUT2D eigenvalue weighted by Crippen LogP contribution is 2.24. The average Bonchev–Trinajstić information content (AvgIpc) is 2.95. The van der Waals surface area contributed by atoms with Crippen molar-refractivity contribution in [3.8, 4) is 0 Å². The van der Waals surface area contributed by atoms with Crippen LogP contribution in [-0.2, 0) is 9.59 Å². The zero-order valence-electron chi connectivity index (χ0n) is 20.6. The monoisotopic (exact) mass is 528 g/mol. The molecule has 0 bridgehead atoms. The maximum atomic E-state index is 12.8. The van der Waals surface area contributed by atoms with Gasteiger partial charge in [-0.05, 0) is 24.3 Å². The van der Waals surface area contributed by atoms with Crippen molar-refractivity contribution in [1.82, 2.24) is 9.80 Å². The third-order valence-electron chi connectivity index (χ3n) is 6.64. The lowest BCUT2D eigenvalue weighted by atomic mass is 10.2. The molecule has 10 heteroatoms. The van der Waals surface area contributed by atoms with Crippen LogP contribution in [0.25, 0.3) is 0 Å². The molecule has 0 aliphatic carbocycles. The van der Waals surface area contributed by atoms with Crippen molar-refractivity contribution in [3.63, 3.8) is 0 Å². The molecule has 2 aromatic rings. The lowest BCUT2D eigenvalue weighted by molar-refractivity contribution is -0.133. The smallest absolute Gasteiger partial charge is 0.240 e. The van der Waals surface area contributed by atoms with Crippen LogP contribution in [0.5, 0.6) is 0 Å². The largest absolute Gasteiger partial charge is 0.368 e. The number of benzene rings is 2. The number of hydrogen-bond donors (Lipinski definition) is 2. The highest BCUT2D eigenvalue weighted by atomic mass is 33.1. The summed E-state index contributed by atoms with van der Waals surface area (Å²) >= 11 is 0. The maximum Gasteiger partial charge on any atom is 0.240 e. The molecule has 2 aliphatic rings. The number of carbonyl (C=O) groups excluding carboxylic acids is 2. The molecule has 2 amide bonds. The number of para-hydroxylation sites is 2. The zero-order chi connectivity index (χ0) is 25.3. The van der Waals surface area contributed by atoms with E-state index in [9.17, 15) is 9.59 Å². The summed E-state index contributed by atoms with van der Waals surface area (Å²) in [4.78, 5) is 33.9. The number of hydrogen-bond acceptors (Lipinski definition) is 8. The number of rotatable bonds is 9. The summed E-state index contributed by atoms with van der Waals surface area (Å²) < 4.78 is 0. The zero-order valence-corrected chi connectivity index (χ0v) is 22.2. The Labute approximate surface area is 221 Å². The lowest BCUT2D eigenvalue weighted by Crippen LogP contribution is -2.54. The van der Waals surface area contributed by atoms with Crippen LogP contribution in [0.3, 0.4) is 0 Å². The molecule has 4 rings (SSSR count). The van der Waals surface area contributed by atoms with Crippen molar-refractivity contribution in [2.45, 2.75) is 12.1 Å². The second kappa shape index (κ2) is 13.2. The van der Waals surface area contributed by atoms with Gasteiger partial charge in [-0.25, -0.2) is 0 Å². The second-order valence-electron chi connectivity index (χ2n) is 9.08. The third-order valence-corrected chi connectivity index (χ3v) is 9.11. The molecule has 2 atom stereocenters. The van der Waals surface area contributed by atoms with E-state index in [4.69, 9.17) is 11.5 Å². The number of piperazine rings is 2. The van der Waals surface area contributed by atoms with Crippen LogP contribution < -0.4 is 21.3 Å². The predicted octanol–water partition coefficient (Wildman–Crippen LogP) is 1.72. The maximum absolute atomic E-state index is 12.8. The summed E-state index contributed by atoms with van der Waals surface area (Å²) in [7, 11) is 3.03. The number of nitrogens with two attached hydrogens (primary N) is 2. The molecule has 0 unspecified atom stereocenters. The average molecular weight is 529 g/mol. The van der Waals surface area contributed by atoms with Crippen molar-refractivity contribution in [1.29, 1.82) is 0 Å². The van der Waals surface area contributed by atoms with Gasteiger partial charge in [0.05, 0.1) is 12.1 Å². The Balaban J connectivity index is 1.11. The van der Waals surface area contributed by atoms with Gasteiger partial charge in [0.1, 0.15) is 0 Å². The summed E-state index contributed by atoms with van der Waals surface area (Å²) in [6, 6.07) is 19.4. The van der Waals surface area contributed by atoms with E-state index >= 15 is 0 Å². The molecule has 36 heavy (non-hydrogen) atoms. The molecule has 2 aliphatic heterocycles. The van der Waals surface area contributed by atoms with Crippen molar-refractivity contribution < 1.29 is 9.59 Å². The number of anilines is 2. The first kappa shape index (κ1) is 26.7. The predicted molar refractivity (Wildman–Crippen MR) is 151 cm³/mol. The van der Waals surface area contributed by atoms with Gasteiger partial charge < -0.3 is 31.1 Å². The van der Waals surface area contributed by atoms with E-state index in [1.807, 2.05) is 46.2 Å². The van der Waals surface area contributed by atoms with E-state index in [0.717, 1.165) is 26.2 Å². The first-order valence-electron chi connectivity index (χ1n) is 12.5. The number of carbonyl (C=O) groups is 2. The van der Waals surface area contributed by atoms with Crippen molar-refractivity contribution in [2.75, 3.05) is 73.7 Å². The summed E-state index contributed by atoms with van der Waals surface area (Å²) in [6.07, 6.45) is 0. The van der Waals surface area contributed by atoms with E-state index < -0.39 is 12.1 Å². The first-order chi connectivity index (χ1) is 17.5. The summed E-state index contributed by atoms with van der Waals surface area (Å²) in [5.74, 6) is 0.984. The number of amides is 2. The first-order valence-corrected chi connectivity index (χ1v) is 14.9. The normalized spacial score (nSPS) is 18.2. The molecule has 4 N–H and O–H groups in total. The van der Waals surface area contributed by atoms with Gasteiger partial charge in [0.2, 0.25) is 11.8 Å². The molecule has 2 aromatic carbocycles. The van der Waals surface area contributed by atoms with Gasteiger partial charge in [0, 0.05) is 75.2 Å². The van der Waals surface area contributed by atoms with Crippen LogP contribution in [0, 0.1) is 0 Å². The lowest BCUT2D eigenvalue weighted by Gasteiger charge is -2.37. The van der Waals surface area contributed by atoms with Crippen molar-refractivity contribution in [2.24, 2.45) is 11.5 Å². The van der Waals surface area contributed by atoms with Gasteiger partial charge in [-0.1, -0.05) is 58.0 Å². The fourth-order valence-corrected chi connectivity index (χ4v) is 6.73. The minimum absolute atomic E-state index is 0.00697. The van der Waals surface area contributed by atoms with E-state index in [0.29, 0.717) is 37.7 Å². The van der Waals surface area contributed by atoms with Gasteiger partial charge in [-0.3, -0.25) is 9.59 Å². The minimum Gasteiger partial charge on any atom is -0.368 e. The van der Waals surface area contributed by atoms with Gasteiger partial charge >= 0.3 is 0 Å². The fraction of sp³-hybridized carbons (Fsp3) is 0.462. The van der Waals surface area contributed by atoms with Crippen LogP contribution in [0.4, 0.5) is 11.4 Å². The molecular weight excluding hydrogens is 492 g/mol. The third kappa shape index (κ3) is 7.09. The molecular formula is C26H36N6O2S2. The van der Waals surface area contributed by atoms with E-state index in [1.54, 1.807) is 0 Å². The molecule has 2 fully saturated rings. The van der Waals surface area contributed by atoms with Crippen LogP contribution in [0.15, 0.2) is 60.7 Å². The quantitative estimate of drug-likeness (QED) is 0.375. The summed E-state index contributed by atoms with van der Waals surface area (Å²) in [5, 5.41) is 0. The molecule has 2 heterocycles. The Hall–Kier alpha value is -2.40. The molecule has 194 valence electrons. The molecule has 0 spiro atoms. The Kier molecular flexibility index (Phi) is 9.80. The van der Waals surface area contributed by atoms with Crippen LogP contribution >= 0.6 is 21.6 Å². The van der Waals surface area contributed by atoms with Gasteiger partial charge in [0.25, 0.3) is 0 Å². The second-order valence-corrected chi connectivity index (χ2v) is 11.6. The van der Waals surface area contributed by atoms with Crippen molar-refractivity contribution in [3.05, 3.63) is 60.7 Å². The van der Waals surface area contributed by atoms with Crippen molar-refractivity contribution >= 4 is 44.8 Å². The Morgan fingerprint density at radius 3 is 1.28 bits per heavy atom. The molecule has 8 nitrogen and oxygen atoms in total. The Morgan fingerprint density at radius 2 is 0.944 bits per heavy atom. The molecule has 0 saturated carbocycles. The van der Waals surface area contributed by atoms with Gasteiger partial charge in [-0.2, -0.15) is 0 Å². The van der Waals surface area contributed by atoms with Crippen LogP contribution in [-0.4, -0.2) is 97.6 Å².